The van der Waals surface area contributed by atoms with Gasteiger partial charge in [-0.1, -0.05) is 15.9 Å². The number of hydrogen-bond acceptors (Lipinski definition) is 1. The lowest BCUT2D eigenvalue weighted by Gasteiger charge is -1.87. The summed E-state index contributed by atoms with van der Waals surface area (Å²) in [4.78, 5) is 3.09. The third-order valence-corrected chi connectivity index (χ3v) is 1.76. The van der Waals surface area contributed by atoms with Crippen LogP contribution in [0.25, 0.3) is 4.98 Å². The maximum atomic E-state index is 8.42. The Balaban J connectivity index is 3.23. The average Bonchev–Trinajstić information content (AvgIpc) is 1.88. The molecule has 1 aromatic carbocycles. The zero-order valence-corrected chi connectivity index (χ0v) is 7.09. The van der Waals surface area contributed by atoms with E-state index in [1.807, 2.05) is 19.1 Å². The highest BCUT2D eigenvalue weighted by atomic mass is 79.9. The van der Waals surface area contributed by atoms with Crippen molar-refractivity contribution >= 4 is 21.6 Å². The molecule has 0 aliphatic heterocycles. The van der Waals surface area contributed by atoms with E-state index >= 15 is 0 Å². The molecular weight excluding hydrogens is 192 g/mol. The van der Waals surface area contributed by atoms with Gasteiger partial charge in [0.1, 0.15) is 0 Å². The molecule has 0 aromatic heterocycles. The van der Waals surface area contributed by atoms with Gasteiger partial charge in [-0.3, -0.25) is 0 Å². The molecule has 1 aromatic rings. The quantitative estimate of drug-likeness (QED) is 0.588. The zero-order chi connectivity index (χ0) is 7.56. The number of hydrogen-bond donors (Lipinski definition) is 0. The van der Waals surface area contributed by atoms with Gasteiger partial charge in [-0.15, -0.1) is 0 Å². The van der Waals surface area contributed by atoms with E-state index in [1.165, 1.54) is 0 Å². The largest absolute Gasteiger partial charge is 0.387 e. The first-order valence-corrected chi connectivity index (χ1v) is 3.64. The molecule has 0 fully saturated rings. The highest BCUT2D eigenvalue weighted by Gasteiger charge is 2.07. The molecule has 0 aliphatic rings. The SMILES string of the molecule is Cc1cc(Br)ccc1[N+]#N. The maximum absolute atomic E-state index is 8.42. The van der Waals surface area contributed by atoms with Crippen LogP contribution in [0.3, 0.4) is 0 Å². The van der Waals surface area contributed by atoms with Gasteiger partial charge in [0, 0.05) is 16.1 Å². The van der Waals surface area contributed by atoms with Crippen LogP contribution in [0.1, 0.15) is 5.56 Å². The Kier molecular flexibility index (Phi) is 2.03. The molecule has 0 atom stereocenters. The van der Waals surface area contributed by atoms with Crippen molar-refractivity contribution in [3.8, 4) is 0 Å². The molecule has 1 rings (SSSR count). The van der Waals surface area contributed by atoms with Crippen LogP contribution in [0.2, 0.25) is 0 Å². The van der Waals surface area contributed by atoms with Gasteiger partial charge in [0.15, 0.2) is 4.98 Å². The molecule has 0 spiro atoms. The maximum Gasteiger partial charge on any atom is 0.387 e. The predicted octanol–water partition coefficient (Wildman–Crippen LogP) is 3.24. The predicted molar refractivity (Wildman–Crippen MR) is 43.6 cm³/mol. The minimum absolute atomic E-state index is 0.614. The van der Waals surface area contributed by atoms with E-state index in [9.17, 15) is 0 Å². The number of benzene rings is 1. The number of halogens is 1. The minimum Gasteiger partial charge on any atom is -0.0508 e. The Morgan fingerprint density at radius 1 is 1.50 bits per heavy atom. The summed E-state index contributed by atoms with van der Waals surface area (Å²) in [5.74, 6) is 0. The number of rotatable bonds is 0. The van der Waals surface area contributed by atoms with Crippen LogP contribution < -0.4 is 0 Å². The fraction of sp³-hybridized carbons (Fsp3) is 0.143. The Morgan fingerprint density at radius 3 is 2.70 bits per heavy atom. The Morgan fingerprint density at radius 2 is 2.20 bits per heavy atom. The fourth-order valence-electron chi connectivity index (χ4n) is 0.731. The second-order valence-electron chi connectivity index (χ2n) is 2.03. The lowest BCUT2D eigenvalue weighted by atomic mass is 10.2. The summed E-state index contributed by atoms with van der Waals surface area (Å²) in [5, 5.41) is 8.42. The number of diazo groups is 1. The van der Waals surface area contributed by atoms with Crippen LogP contribution in [0.4, 0.5) is 5.69 Å². The van der Waals surface area contributed by atoms with Crippen LogP contribution >= 0.6 is 15.9 Å². The fourth-order valence-corrected chi connectivity index (χ4v) is 1.21. The molecule has 2 nitrogen and oxygen atoms in total. The molecule has 50 valence electrons. The Labute approximate surface area is 67.6 Å². The molecular formula is C7H6BrN2+. The summed E-state index contributed by atoms with van der Waals surface area (Å²) in [6.07, 6.45) is 0. The monoisotopic (exact) mass is 197 g/mol. The van der Waals surface area contributed by atoms with Crippen molar-refractivity contribution in [3.05, 3.63) is 33.2 Å². The zero-order valence-electron chi connectivity index (χ0n) is 5.50. The summed E-state index contributed by atoms with van der Waals surface area (Å²) in [5.41, 5.74) is 1.57. The van der Waals surface area contributed by atoms with Crippen LogP contribution in [0.15, 0.2) is 22.7 Å². The first kappa shape index (κ1) is 7.23. The third kappa shape index (κ3) is 1.34. The number of nitrogens with zero attached hydrogens (tertiary/aromatic N) is 2. The molecule has 0 aliphatic carbocycles. The molecule has 0 saturated heterocycles. The standard InChI is InChI=1S/C7H6BrN2/c1-5-4-6(8)2-3-7(5)10-9/h2-4H,1H3/q+1. The molecule has 0 heterocycles. The highest BCUT2D eigenvalue weighted by molar-refractivity contribution is 9.10. The van der Waals surface area contributed by atoms with Gasteiger partial charge < -0.3 is 0 Å². The molecule has 3 heteroatoms. The number of aryl methyl sites for hydroxylation is 1. The summed E-state index contributed by atoms with van der Waals surface area (Å²) in [6.45, 7) is 1.89. The average molecular weight is 198 g/mol. The lowest BCUT2D eigenvalue weighted by Crippen LogP contribution is -1.71. The summed E-state index contributed by atoms with van der Waals surface area (Å²) < 4.78 is 0.998. The minimum atomic E-state index is 0.614. The van der Waals surface area contributed by atoms with Crippen LogP contribution in [-0.2, 0) is 0 Å². The highest BCUT2D eigenvalue weighted by Crippen LogP contribution is 2.21. The van der Waals surface area contributed by atoms with Crippen molar-refractivity contribution in [1.29, 1.82) is 5.39 Å². The van der Waals surface area contributed by atoms with Crippen molar-refractivity contribution in [2.24, 2.45) is 0 Å². The molecule has 10 heavy (non-hydrogen) atoms. The molecule has 0 radical (unpaired) electrons. The second-order valence-corrected chi connectivity index (χ2v) is 2.95. The summed E-state index contributed by atoms with van der Waals surface area (Å²) in [7, 11) is 0. The van der Waals surface area contributed by atoms with Gasteiger partial charge in [-0.2, -0.15) is 0 Å². The van der Waals surface area contributed by atoms with Crippen molar-refractivity contribution in [1.82, 2.24) is 0 Å². The first-order chi connectivity index (χ1) is 4.74. The van der Waals surface area contributed by atoms with E-state index in [1.54, 1.807) is 6.07 Å². The Bertz CT molecular complexity index is 288. The topological polar surface area (TPSA) is 28.1 Å². The van der Waals surface area contributed by atoms with Crippen molar-refractivity contribution in [2.45, 2.75) is 6.92 Å². The molecule has 0 bridgehead atoms. The van der Waals surface area contributed by atoms with Crippen molar-refractivity contribution < 1.29 is 0 Å². The Hall–Kier alpha value is -0.880. The van der Waals surface area contributed by atoms with Gasteiger partial charge in [-0.05, 0) is 19.1 Å². The normalized spacial score (nSPS) is 8.90. The van der Waals surface area contributed by atoms with Gasteiger partial charge >= 0.3 is 5.69 Å². The third-order valence-electron chi connectivity index (χ3n) is 1.27. The van der Waals surface area contributed by atoms with Gasteiger partial charge in [0.05, 0.1) is 0 Å². The molecule has 0 N–H and O–H groups in total. The van der Waals surface area contributed by atoms with Crippen molar-refractivity contribution in [3.63, 3.8) is 0 Å². The van der Waals surface area contributed by atoms with Crippen LogP contribution in [0.5, 0.6) is 0 Å². The van der Waals surface area contributed by atoms with Gasteiger partial charge in [0.25, 0.3) is 0 Å². The molecule has 0 amide bonds. The van der Waals surface area contributed by atoms with E-state index in [-0.39, 0.29) is 0 Å². The van der Waals surface area contributed by atoms with E-state index < -0.39 is 0 Å². The summed E-state index contributed by atoms with van der Waals surface area (Å²) >= 11 is 3.30. The van der Waals surface area contributed by atoms with Crippen LogP contribution in [0, 0.1) is 12.3 Å². The smallest absolute Gasteiger partial charge is 0.0508 e. The van der Waals surface area contributed by atoms with Crippen LogP contribution in [-0.4, -0.2) is 0 Å². The van der Waals surface area contributed by atoms with Gasteiger partial charge in [-0.25, -0.2) is 0 Å². The lowest BCUT2D eigenvalue weighted by molar-refractivity contribution is 1.40. The van der Waals surface area contributed by atoms with E-state index in [4.69, 9.17) is 5.39 Å². The van der Waals surface area contributed by atoms with Gasteiger partial charge in [0.2, 0.25) is 5.39 Å². The first-order valence-electron chi connectivity index (χ1n) is 2.85. The molecule has 0 unspecified atom stereocenters. The van der Waals surface area contributed by atoms with Crippen molar-refractivity contribution in [2.75, 3.05) is 0 Å². The molecule has 0 saturated carbocycles. The second kappa shape index (κ2) is 2.80. The van der Waals surface area contributed by atoms with E-state index in [2.05, 4.69) is 20.9 Å². The van der Waals surface area contributed by atoms with E-state index in [0.29, 0.717) is 5.69 Å². The summed E-state index contributed by atoms with van der Waals surface area (Å²) in [6, 6.07) is 5.48. The van der Waals surface area contributed by atoms with E-state index in [0.717, 1.165) is 10.0 Å².